The van der Waals surface area contributed by atoms with Gasteiger partial charge in [-0.15, -0.1) is 10.2 Å². The fourth-order valence-electron chi connectivity index (χ4n) is 3.80. The highest BCUT2D eigenvalue weighted by atomic mass is 16.5. The largest absolute Gasteiger partial charge is 0.390 e. The van der Waals surface area contributed by atoms with Gasteiger partial charge in [0.1, 0.15) is 0 Å². The van der Waals surface area contributed by atoms with Gasteiger partial charge in [-0.3, -0.25) is 4.40 Å². The second-order valence-corrected chi connectivity index (χ2v) is 6.87. The molecule has 1 spiro atoms. The van der Waals surface area contributed by atoms with Gasteiger partial charge in [-0.1, -0.05) is 6.07 Å². The summed E-state index contributed by atoms with van der Waals surface area (Å²) in [5.74, 6) is 0.896. The minimum atomic E-state index is -0.595. The molecule has 2 aromatic heterocycles. The van der Waals surface area contributed by atoms with E-state index in [4.69, 9.17) is 4.74 Å². The summed E-state index contributed by atoms with van der Waals surface area (Å²) in [6.45, 7) is 4.34. The second-order valence-electron chi connectivity index (χ2n) is 6.87. The van der Waals surface area contributed by atoms with E-state index < -0.39 is 5.60 Å². The van der Waals surface area contributed by atoms with Gasteiger partial charge in [0.25, 0.3) is 0 Å². The molecule has 2 aliphatic heterocycles. The number of anilines is 1. The molecule has 4 heterocycles. The van der Waals surface area contributed by atoms with Crippen LogP contribution in [0.5, 0.6) is 0 Å². The molecule has 0 radical (unpaired) electrons. The highest BCUT2D eigenvalue weighted by molar-refractivity contribution is 5.46. The average Bonchev–Trinajstić information content (AvgIpc) is 2.91. The van der Waals surface area contributed by atoms with E-state index in [1.807, 2.05) is 35.7 Å². The Morgan fingerprint density at radius 2 is 2.00 bits per heavy atom. The lowest BCUT2D eigenvalue weighted by Crippen LogP contribution is -2.53. The number of pyridine rings is 1. The summed E-state index contributed by atoms with van der Waals surface area (Å²) in [4.78, 5) is 2.26. The monoisotopic (exact) mass is 302 g/mol. The van der Waals surface area contributed by atoms with Gasteiger partial charge < -0.3 is 14.7 Å². The average molecular weight is 302 g/mol. The predicted molar refractivity (Wildman–Crippen MR) is 83.0 cm³/mol. The van der Waals surface area contributed by atoms with Crippen molar-refractivity contribution in [3.05, 3.63) is 24.4 Å². The first-order valence-corrected chi connectivity index (χ1v) is 7.98. The minimum absolute atomic E-state index is 0.168. The van der Waals surface area contributed by atoms with Crippen LogP contribution in [0.15, 0.2) is 24.4 Å². The van der Waals surface area contributed by atoms with Crippen LogP contribution in [-0.4, -0.2) is 50.6 Å². The van der Waals surface area contributed by atoms with Gasteiger partial charge in [-0.25, -0.2) is 0 Å². The van der Waals surface area contributed by atoms with E-state index in [1.165, 1.54) is 0 Å². The van der Waals surface area contributed by atoms with Crippen LogP contribution in [0.4, 0.5) is 5.95 Å². The molecule has 6 heteroatoms. The van der Waals surface area contributed by atoms with Crippen molar-refractivity contribution < 1.29 is 9.84 Å². The first-order valence-electron chi connectivity index (χ1n) is 7.98. The molecule has 1 N–H and O–H groups in total. The Labute approximate surface area is 129 Å². The van der Waals surface area contributed by atoms with E-state index >= 15 is 0 Å². The maximum atomic E-state index is 10.4. The number of nitrogens with zero attached hydrogens (tertiary/aromatic N) is 4. The van der Waals surface area contributed by atoms with Gasteiger partial charge in [-0.2, -0.15) is 0 Å². The highest BCUT2D eigenvalue weighted by Gasteiger charge is 2.44. The fraction of sp³-hybridized carbons (Fsp3) is 0.625. The third-order valence-electron chi connectivity index (χ3n) is 5.01. The van der Waals surface area contributed by atoms with E-state index in [9.17, 15) is 5.11 Å². The minimum Gasteiger partial charge on any atom is -0.390 e. The maximum Gasteiger partial charge on any atom is 0.231 e. The van der Waals surface area contributed by atoms with Crippen molar-refractivity contribution in [2.24, 2.45) is 0 Å². The number of aliphatic hydroxyl groups is 1. The predicted octanol–water partition coefficient (Wildman–Crippen LogP) is 1.63. The zero-order valence-corrected chi connectivity index (χ0v) is 12.9. The normalized spacial score (nSPS) is 28.4. The Bertz CT molecular complexity index is 674. The van der Waals surface area contributed by atoms with Crippen LogP contribution < -0.4 is 4.90 Å². The number of aromatic nitrogens is 3. The molecule has 2 aromatic rings. The van der Waals surface area contributed by atoms with Crippen molar-refractivity contribution in [1.29, 1.82) is 0 Å². The number of rotatable bonds is 1. The summed E-state index contributed by atoms with van der Waals surface area (Å²) in [5, 5.41) is 18.9. The van der Waals surface area contributed by atoms with Crippen LogP contribution in [0.2, 0.25) is 0 Å². The molecule has 0 saturated carbocycles. The number of ether oxygens (including phenoxy) is 1. The molecule has 2 saturated heterocycles. The summed E-state index contributed by atoms with van der Waals surface area (Å²) in [5.41, 5.74) is 0.107. The van der Waals surface area contributed by atoms with Gasteiger partial charge in [-0.05, 0) is 38.3 Å². The third-order valence-corrected chi connectivity index (χ3v) is 5.01. The number of hydrogen-bond donors (Lipinski definition) is 1. The molecular weight excluding hydrogens is 280 g/mol. The Morgan fingerprint density at radius 1 is 1.18 bits per heavy atom. The molecule has 1 atom stereocenters. The van der Waals surface area contributed by atoms with Crippen molar-refractivity contribution in [1.82, 2.24) is 14.6 Å². The molecule has 0 bridgehead atoms. The third kappa shape index (κ3) is 2.36. The Balaban J connectivity index is 1.52. The molecule has 2 aliphatic rings. The summed E-state index contributed by atoms with van der Waals surface area (Å²) in [6.07, 6.45) is 5.30. The van der Waals surface area contributed by atoms with Crippen LogP contribution >= 0.6 is 0 Å². The van der Waals surface area contributed by atoms with Crippen molar-refractivity contribution in [2.45, 2.75) is 43.8 Å². The van der Waals surface area contributed by atoms with E-state index in [1.54, 1.807) is 0 Å². The van der Waals surface area contributed by atoms with Gasteiger partial charge in [0.05, 0.1) is 17.8 Å². The number of piperidine rings is 1. The Morgan fingerprint density at radius 3 is 2.77 bits per heavy atom. The summed E-state index contributed by atoms with van der Waals surface area (Å²) in [7, 11) is 0. The van der Waals surface area contributed by atoms with Crippen molar-refractivity contribution in [3.63, 3.8) is 0 Å². The zero-order chi connectivity index (χ0) is 15.2. The highest BCUT2D eigenvalue weighted by Crippen LogP contribution is 2.39. The van der Waals surface area contributed by atoms with E-state index in [0.717, 1.165) is 50.4 Å². The van der Waals surface area contributed by atoms with Gasteiger partial charge >= 0.3 is 0 Å². The van der Waals surface area contributed by atoms with Gasteiger partial charge in [0.15, 0.2) is 5.65 Å². The molecular formula is C16H22N4O2. The lowest BCUT2D eigenvalue weighted by molar-refractivity contribution is -0.162. The van der Waals surface area contributed by atoms with Crippen LogP contribution in [0, 0.1) is 0 Å². The fourth-order valence-corrected chi connectivity index (χ4v) is 3.80. The van der Waals surface area contributed by atoms with Crippen LogP contribution in [0.1, 0.15) is 32.6 Å². The van der Waals surface area contributed by atoms with Crippen LogP contribution in [0.3, 0.4) is 0 Å². The maximum absolute atomic E-state index is 10.4. The number of hydrogen-bond acceptors (Lipinski definition) is 5. The molecule has 22 heavy (non-hydrogen) atoms. The molecule has 118 valence electrons. The molecule has 6 nitrogen and oxygen atoms in total. The van der Waals surface area contributed by atoms with Crippen LogP contribution in [-0.2, 0) is 4.74 Å². The van der Waals surface area contributed by atoms with Crippen molar-refractivity contribution in [2.75, 3.05) is 24.6 Å². The van der Waals surface area contributed by atoms with E-state index in [0.29, 0.717) is 6.61 Å². The smallest absolute Gasteiger partial charge is 0.231 e. The summed E-state index contributed by atoms with van der Waals surface area (Å²) in [6, 6.07) is 5.92. The number of fused-ring (bicyclic) bond motifs is 1. The summed E-state index contributed by atoms with van der Waals surface area (Å²) >= 11 is 0. The Hall–Kier alpha value is -1.66. The molecule has 1 unspecified atom stereocenters. The standard InChI is InChI=1S/C16H22N4O2/c1-15(21)7-11-22-16(12-15)5-9-19(10-6-16)14-18-17-13-4-2-3-8-20(13)14/h2-4,8,21H,5-7,9-12H2,1H3. The molecule has 0 aliphatic carbocycles. The first kappa shape index (κ1) is 14.0. The quantitative estimate of drug-likeness (QED) is 0.867. The molecule has 2 fully saturated rings. The molecule has 4 rings (SSSR count). The van der Waals surface area contributed by atoms with E-state index in [-0.39, 0.29) is 5.60 Å². The first-order chi connectivity index (χ1) is 10.6. The zero-order valence-electron chi connectivity index (χ0n) is 12.9. The SMILES string of the molecule is CC1(O)CCOC2(CCN(c3nnc4ccccn34)CC2)C1. The molecule has 0 aromatic carbocycles. The van der Waals surface area contributed by atoms with Gasteiger partial charge in [0, 0.05) is 25.7 Å². The van der Waals surface area contributed by atoms with Crippen LogP contribution in [0.25, 0.3) is 5.65 Å². The van der Waals surface area contributed by atoms with Gasteiger partial charge in [0.2, 0.25) is 5.95 Å². The topological polar surface area (TPSA) is 62.9 Å². The summed E-state index contributed by atoms with van der Waals surface area (Å²) < 4.78 is 8.09. The second kappa shape index (κ2) is 4.93. The lowest BCUT2D eigenvalue weighted by Gasteiger charge is -2.48. The molecule has 0 amide bonds. The van der Waals surface area contributed by atoms with E-state index in [2.05, 4.69) is 15.1 Å². The van der Waals surface area contributed by atoms with Crippen molar-refractivity contribution in [3.8, 4) is 0 Å². The Kier molecular flexibility index (Phi) is 3.13. The lowest BCUT2D eigenvalue weighted by atomic mass is 9.78. The van der Waals surface area contributed by atoms with Crippen molar-refractivity contribution >= 4 is 11.6 Å².